The first kappa shape index (κ1) is 19.0. The van der Waals surface area contributed by atoms with Gasteiger partial charge in [0.15, 0.2) is 5.76 Å². The zero-order valence-corrected chi connectivity index (χ0v) is 16.8. The van der Waals surface area contributed by atoms with Crippen LogP contribution < -0.4 is 4.74 Å². The van der Waals surface area contributed by atoms with Crippen LogP contribution in [-0.2, 0) is 23.0 Å². The first-order chi connectivity index (χ1) is 13.5. The molecule has 0 N–H and O–H groups in total. The maximum absolute atomic E-state index is 13.0. The molecule has 0 aliphatic carbocycles. The molecule has 0 radical (unpaired) electrons. The number of hydrogen-bond acceptors (Lipinski definition) is 5. The molecule has 0 atom stereocenters. The van der Waals surface area contributed by atoms with Gasteiger partial charge in [0.2, 0.25) is 10.0 Å². The van der Waals surface area contributed by atoms with E-state index in [4.69, 9.17) is 20.9 Å². The Bertz CT molecular complexity index is 1080. The van der Waals surface area contributed by atoms with Gasteiger partial charge in [-0.1, -0.05) is 16.8 Å². The third-order valence-corrected chi connectivity index (χ3v) is 6.80. The summed E-state index contributed by atoms with van der Waals surface area (Å²) in [7, 11) is -3.62. The Hall–Kier alpha value is -2.35. The van der Waals surface area contributed by atoms with Gasteiger partial charge in [0.25, 0.3) is 0 Å². The van der Waals surface area contributed by atoms with Gasteiger partial charge >= 0.3 is 0 Å². The number of fused-ring (bicyclic) bond motifs is 1. The Labute approximate surface area is 168 Å². The maximum Gasteiger partial charge on any atom is 0.243 e. The van der Waals surface area contributed by atoms with E-state index in [-0.39, 0.29) is 11.4 Å². The Morgan fingerprint density at radius 2 is 1.86 bits per heavy atom. The Kier molecular flexibility index (Phi) is 5.14. The monoisotopic (exact) mass is 418 g/mol. The van der Waals surface area contributed by atoms with E-state index in [1.807, 2.05) is 19.1 Å². The van der Waals surface area contributed by atoms with Crippen molar-refractivity contribution in [3.8, 4) is 17.1 Å². The minimum Gasteiger partial charge on any atom is -0.494 e. The van der Waals surface area contributed by atoms with E-state index >= 15 is 0 Å². The van der Waals surface area contributed by atoms with Crippen LogP contribution in [0.3, 0.4) is 0 Å². The minimum atomic E-state index is -3.62. The second kappa shape index (κ2) is 7.58. The van der Waals surface area contributed by atoms with E-state index in [0.717, 1.165) is 11.1 Å². The second-order valence-corrected chi connectivity index (χ2v) is 8.81. The first-order valence-electron chi connectivity index (χ1n) is 8.95. The number of nitrogens with zero attached hydrogens (tertiary/aromatic N) is 2. The van der Waals surface area contributed by atoms with Gasteiger partial charge in [-0.2, -0.15) is 4.31 Å². The number of ether oxygens (including phenoxy) is 1. The van der Waals surface area contributed by atoms with Crippen molar-refractivity contribution in [1.82, 2.24) is 9.46 Å². The van der Waals surface area contributed by atoms with Crippen LogP contribution in [0.4, 0.5) is 0 Å². The van der Waals surface area contributed by atoms with E-state index in [0.29, 0.717) is 41.8 Å². The fourth-order valence-corrected chi connectivity index (χ4v) is 4.79. The van der Waals surface area contributed by atoms with E-state index in [1.165, 1.54) is 4.31 Å². The smallest absolute Gasteiger partial charge is 0.243 e. The summed E-state index contributed by atoms with van der Waals surface area (Å²) < 4.78 is 38.3. The molecule has 2 aromatic carbocycles. The Balaban J connectivity index is 1.58. The molecule has 0 unspecified atom stereocenters. The van der Waals surface area contributed by atoms with Crippen LogP contribution in [0.2, 0.25) is 5.02 Å². The zero-order valence-electron chi connectivity index (χ0n) is 15.3. The highest BCUT2D eigenvalue weighted by molar-refractivity contribution is 7.89. The topological polar surface area (TPSA) is 72.6 Å². The molecule has 0 saturated carbocycles. The lowest BCUT2D eigenvalue weighted by Gasteiger charge is -2.25. The van der Waals surface area contributed by atoms with Crippen LogP contribution in [0.1, 0.15) is 18.2 Å². The number of aromatic nitrogens is 1. The van der Waals surface area contributed by atoms with Crippen LogP contribution in [0.25, 0.3) is 11.3 Å². The summed E-state index contributed by atoms with van der Waals surface area (Å²) in [5, 5.41) is 4.76. The molecular weight excluding hydrogens is 400 g/mol. The molecule has 3 aromatic rings. The highest BCUT2D eigenvalue weighted by Gasteiger charge is 2.32. The number of rotatable bonds is 5. The molecule has 0 spiro atoms. The fraction of sp³-hybridized carbons (Fsp3) is 0.250. The Morgan fingerprint density at radius 1 is 1.14 bits per heavy atom. The molecule has 4 rings (SSSR count). The van der Waals surface area contributed by atoms with E-state index in [2.05, 4.69) is 5.16 Å². The van der Waals surface area contributed by atoms with Crippen molar-refractivity contribution in [2.45, 2.75) is 24.8 Å². The van der Waals surface area contributed by atoms with Crippen LogP contribution in [-0.4, -0.2) is 31.0 Å². The summed E-state index contributed by atoms with van der Waals surface area (Å²) in [6.45, 7) is 2.96. The normalized spacial score (nSPS) is 14.6. The van der Waals surface area contributed by atoms with Gasteiger partial charge in [0.05, 0.1) is 18.0 Å². The number of halogens is 1. The molecule has 0 saturated heterocycles. The molecule has 0 amide bonds. The third-order valence-electron chi connectivity index (χ3n) is 4.69. The third kappa shape index (κ3) is 3.53. The van der Waals surface area contributed by atoms with E-state index in [9.17, 15) is 8.42 Å². The molecular formula is C20H19ClN2O4S. The molecule has 0 bridgehead atoms. The van der Waals surface area contributed by atoms with Crippen molar-refractivity contribution in [3.63, 3.8) is 0 Å². The van der Waals surface area contributed by atoms with E-state index in [1.54, 1.807) is 36.4 Å². The van der Waals surface area contributed by atoms with Crippen LogP contribution in [0.15, 0.2) is 57.9 Å². The molecule has 28 heavy (non-hydrogen) atoms. The lowest BCUT2D eigenvalue weighted by molar-refractivity contribution is 0.340. The fourth-order valence-electron chi connectivity index (χ4n) is 3.26. The molecule has 1 aromatic heterocycles. The standard InChI is InChI=1S/C20H19ClN2O4S/c1-2-26-16-7-9-17(10-8-16)28(24,25)23-12-11-18-19(13-23)22-27-20(18)14-3-5-15(21)6-4-14/h3-10H,2,11-13H2,1H3. The Morgan fingerprint density at radius 3 is 2.54 bits per heavy atom. The molecule has 2 heterocycles. The predicted octanol–water partition coefficient (Wildman–Crippen LogP) is 4.14. The average Bonchev–Trinajstić information content (AvgIpc) is 3.12. The molecule has 146 valence electrons. The van der Waals surface area contributed by atoms with Crippen molar-refractivity contribution in [2.24, 2.45) is 0 Å². The number of hydrogen-bond donors (Lipinski definition) is 0. The molecule has 1 aliphatic heterocycles. The summed E-state index contributed by atoms with van der Waals surface area (Å²) in [5.74, 6) is 1.32. The summed E-state index contributed by atoms with van der Waals surface area (Å²) in [6.07, 6.45) is 0.535. The van der Waals surface area contributed by atoms with Crippen molar-refractivity contribution < 1.29 is 17.7 Å². The van der Waals surface area contributed by atoms with Gasteiger partial charge in [-0.3, -0.25) is 0 Å². The first-order valence-corrected chi connectivity index (χ1v) is 10.8. The molecule has 8 heteroatoms. The summed E-state index contributed by atoms with van der Waals surface area (Å²) in [5.41, 5.74) is 2.46. The van der Waals surface area contributed by atoms with Gasteiger partial charge in [-0.25, -0.2) is 8.42 Å². The highest BCUT2D eigenvalue weighted by Crippen LogP contribution is 2.33. The quantitative estimate of drug-likeness (QED) is 0.622. The SMILES string of the molecule is CCOc1ccc(S(=O)(=O)N2CCc3c(noc3-c3ccc(Cl)cc3)C2)cc1. The van der Waals surface area contributed by atoms with Crippen molar-refractivity contribution >= 4 is 21.6 Å². The lowest BCUT2D eigenvalue weighted by Crippen LogP contribution is -2.35. The van der Waals surface area contributed by atoms with Crippen molar-refractivity contribution in [2.75, 3.05) is 13.2 Å². The van der Waals surface area contributed by atoms with Crippen LogP contribution >= 0.6 is 11.6 Å². The molecule has 0 fully saturated rings. The minimum absolute atomic E-state index is 0.183. The van der Waals surface area contributed by atoms with Gasteiger partial charge in [0.1, 0.15) is 11.4 Å². The predicted molar refractivity (Wildman–Crippen MR) is 106 cm³/mol. The summed E-state index contributed by atoms with van der Waals surface area (Å²) in [6, 6.07) is 13.8. The van der Waals surface area contributed by atoms with Gasteiger partial charge in [-0.15, -0.1) is 0 Å². The van der Waals surface area contributed by atoms with Gasteiger partial charge < -0.3 is 9.26 Å². The van der Waals surface area contributed by atoms with Gasteiger partial charge in [-0.05, 0) is 61.9 Å². The average molecular weight is 419 g/mol. The van der Waals surface area contributed by atoms with E-state index < -0.39 is 10.0 Å². The number of sulfonamides is 1. The van der Waals surface area contributed by atoms with Crippen molar-refractivity contribution in [1.29, 1.82) is 0 Å². The number of benzene rings is 2. The summed E-state index contributed by atoms with van der Waals surface area (Å²) >= 11 is 5.94. The van der Waals surface area contributed by atoms with Crippen LogP contribution in [0.5, 0.6) is 5.75 Å². The molecule has 1 aliphatic rings. The van der Waals surface area contributed by atoms with Gasteiger partial charge in [0, 0.05) is 22.7 Å². The van der Waals surface area contributed by atoms with Crippen LogP contribution in [0, 0.1) is 0 Å². The maximum atomic E-state index is 13.0. The lowest BCUT2D eigenvalue weighted by atomic mass is 10.0. The van der Waals surface area contributed by atoms with Crippen molar-refractivity contribution in [3.05, 3.63) is 64.8 Å². The molecule has 6 nitrogen and oxygen atoms in total. The second-order valence-electron chi connectivity index (χ2n) is 6.44. The highest BCUT2D eigenvalue weighted by atomic mass is 35.5. The largest absolute Gasteiger partial charge is 0.494 e. The summed E-state index contributed by atoms with van der Waals surface area (Å²) in [4.78, 5) is 0.237. The zero-order chi connectivity index (χ0) is 19.7.